The molecule has 0 bridgehead atoms. The normalized spacial score (nSPS) is 10.9. The number of hydrogen-bond acceptors (Lipinski definition) is 3. The summed E-state index contributed by atoms with van der Waals surface area (Å²) in [5.74, 6) is 0.151. The molecule has 1 aromatic carbocycles. The summed E-state index contributed by atoms with van der Waals surface area (Å²) in [5, 5.41) is 2.08. The summed E-state index contributed by atoms with van der Waals surface area (Å²) in [7, 11) is 0. The molecule has 0 atom stereocenters. The maximum atomic E-state index is 13.4. The molecule has 0 aliphatic heterocycles. The van der Waals surface area contributed by atoms with Crippen LogP contribution in [0.5, 0.6) is 0 Å². The van der Waals surface area contributed by atoms with E-state index >= 15 is 0 Å². The summed E-state index contributed by atoms with van der Waals surface area (Å²) in [5.41, 5.74) is 2.33. The van der Waals surface area contributed by atoms with Gasteiger partial charge in [0.25, 0.3) is 0 Å². The minimum atomic E-state index is 0.0269. The summed E-state index contributed by atoms with van der Waals surface area (Å²) in [4.78, 5) is 31.3. The average molecular weight is 471 g/mol. The molecule has 0 aliphatic carbocycles. The van der Waals surface area contributed by atoms with Crippen molar-refractivity contribution in [2.45, 2.75) is 91.6 Å². The SMILES string of the molecule is CCCCCCCCC(=O)N(CCCC)CC(=O)N(Cc1ccccc1)Cc1sccc1C. The second-order valence-corrected chi connectivity index (χ2v) is 9.95. The van der Waals surface area contributed by atoms with Crippen LogP contribution in [0.15, 0.2) is 41.8 Å². The molecule has 182 valence electrons. The third-order valence-corrected chi connectivity index (χ3v) is 7.08. The Hall–Kier alpha value is -2.14. The molecule has 0 fully saturated rings. The van der Waals surface area contributed by atoms with E-state index in [4.69, 9.17) is 0 Å². The predicted octanol–water partition coefficient (Wildman–Crippen LogP) is 6.96. The third kappa shape index (κ3) is 10.1. The maximum Gasteiger partial charge on any atom is 0.242 e. The van der Waals surface area contributed by atoms with Gasteiger partial charge in [0.15, 0.2) is 0 Å². The number of carbonyl (C=O) groups excluding carboxylic acids is 2. The van der Waals surface area contributed by atoms with E-state index in [9.17, 15) is 9.59 Å². The van der Waals surface area contributed by atoms with Crippen LogP contribution in [0.4, 0.5) is 0 Å². The molecule has 5 heteroatoms. The summed E-state index contributed by atoms with van der Waals surface area (Å²) < 4.78 is 0. The zero-order valence-corrected chi connectivity index (χ0v) is 21.7. The van der Waals surface area contributed by atoms with Gasteiger partial charge < -0.3 is 9.80 Å². The van der Waals surface area contributed by atoms with E-state index < -0.39 is 0 Å². The minimum absolute atomic E-state index is 0.0269. The van der Waals surface area contributed by atoms with Crippen molar-refractivity contribution in [1.29, 1.82) is 0 Å². The van der Waals surface area contributed by atoms with Gasteiger partial charge in [0, 0.05) is 24.4 Å². The standard InChI is InChI=1S/C28H42N2O2S/c1-4-6-8-9-10-14-17-27(31)29(19-7-5-2)23-28(32)30(21-25-15-12-11-13-16-25)22-26-24(3)18-20-33-26/h11-13,15-16,18,20H,4-10,14,17,19,21-23H2,1-3H3. The molecule has 0 aliphatic rings. The Morgan fingerprint density at radius 3 is 2.15 bits per heavy atom. The lowest BCUT2D eigenvalue weighted by Crippen LogP contribution is -2.42. The number of hydrogen-bond donors (Lipinski definition) is 0. The summed E-state index contributed by atoms with van der Waals surface area (Å²) in [6.45, 7) is 8.41. The fraction of sp³-hybridized carbons (Fsp3) is 0.571. The highest BCUT2D eigenvalue weighted by Crippen LogP contribution is 2.20. The van der Waals surface area contributed by atoms with Crippen LogP contribution >= 0.6 is 11.3 Å². The molecule has 0 radical (unpaired) electrons. The molecule has 1 aromatic heterocycles. The summed E-state index contributed by atoms with van der Waals surface area (Å²) in [6, 6.07) is 12.2. The van der Waals surface area contributed by atoms with Crippen LogP contribution in [-0.4, -0.2) is 34.7 Å². The van der Waals surface area contributed by atoms with Crippen LogP contribution < -0.4 is 0 Å². The Morgan fingerprint density at radius 2 is 1.48 bits per heavy atom. The Kier molecular flexibility index (Phi) is 12.9. The van der Waals surface area contributed by atoms with Crippen LogP contribution in [0.25, 0.3) is 0 Å². The highest BCUT2D eigenvalue weighted by molar-refractivity contribution is 7.10. The van der Waals surface area contributed by atoms with Gasteiger partial charge in [0.2, 0.25) is 11.8 Å². The van der Waals surface area contributed by atoms with E-state index in [1.54, 1.807) is 16.2 Å². The number of unbranched alkanes of at least 4 members (excludes halogenated alkanes) is 6. The molecule has 0 N–H and O–H groups in total. The Labute approximate surface area is 205 Å². The highest BCUT2D eigenvalue weighted by Gasteiger charge is 2.22. The molecule has 2 rings (SSSR count). The van der Waals surface area contributed by atoms with E-state index in [-0.39, 0.29) is 18.4 Å². The smallest absolute Gasteiger partial charge is 0.242 e. The lowest BCUT2D eigenvalue weighted by molar-refractivity contribution is -0.141. The van der Waals surface area contributed by atoms with E-state index in [1.165, 1.54) is 36.1 Å². The van der Waals surface area contributed by atoms with Crippen LogP contribution in [0.1, 0.15) is 87.6 Å². The molecule has 0 saturated carbocycles. The summed E-state index contributed by atoms with van der Waals surface area (Å²) >= 11 is 1.69. The quantitative estimate of drug-likeness (QED) is 0.249. The first-order chi connectivity index (χ1) is 16.0. The number of amides is 2. The number of nitrogens with zero attached hydrogens (tertiary/aromatic N) is 2. The Bertz CT molecular complexity index is 818. The molecule has 0 saturated heterocycles. The maximum absolute atomic E-state index is 13.4. The van der Waals surface area contributed by atoms with Crippen molar-refractivity contribution in [3.63, 3.8) is 0 Å². The van der Waals surface area contributed by atoms with Crippen molar-refractivity contribution in [2.24, 2.45) is 0 Å². The molecule has 4 nitrogen and oxygen atoms in total. The number of carbonyl (C=O) groups is 2. The van der Waals surface area contributed by atoms with Crippen LogP contribution in [-0.2, 0) is 22.7 Å². The first-order valence-electron chi connectivity index (χ1n) is 12.7. The van der Waals surface area contributed by atoms with E-state index in [1.807, 2.05) is 23.1 Å². The molecular formula is C28H42N2O2S. The molecule has 0 spiro atoms. The fourth-order valence-corrected chi connectivity index (χ4v) is 4.82. The second kappa shape index (κ2) is 15.7. The van der Waals surface area contributed by atoms with Gasteiger partial charge in [-0.15, -0.1) is 11.3 Å². The van der Waals surface area contributed by atoms with Crippen molar-refractivity contribution < 1.29 is 9.59 Å². The van der Waals surface area contributed by atoms with Crippen molar-refractivity contribution in [2.75, 3.05) is 13.1 Å². The van der Waals surface area contributed by atoms with Crippen molar-refractivity contribution >= 4 is 23.2 Å². The molecule has 1 heterocycles. The van der Waals surface area contributed by atoms with Gasteiger partial charge >= 0.3 is 0 Å². The van der Waals surface area contributed by atoms with E-state index in [2.05, 4.69) is 44.4 Å². The van der Waals surface area contributed by atoms with Gasteiger partial charge in [0.1, 0.15) is 0 Å². The molecular weight excluding hydrogens is 428 g/mol. The van der Waals surface area contributed by atoms with Crippen LogP contribution in [0.2, 0.25) is 0 Å². The van der Waals surface area contributed by atoms with Gasteiger partial charge in [-0.1, -0.05) is 82.7 Å². The average Bonchev–Trinajstić information content (AvgIpc) is 3.23. The number of rotatable bonds is 16. The first kappa shape index (κ1) is 27.1. The minimum Gasteiger partial charge on any atom is -0.333 e. The number of thiophene rings is 1. The lowest BCUT2D eigenvalue weighted by Gasteiger charge is -2.28. The zero-order valence-electron chi connectivity index (χ0n) is 20.9. The van der Waals surface area contributed by atoms with E-state index in [0.29, 0.717) is 26.1 Å². The van der Waals surface area contributed by atoms with Crippen molar-refractivity contribution in [1.82, 2.24) is 9.80 Å². The van der Waals surface area contributed by atoms with Gasteiger partial charge in [-0.25, -0.2) is 0 Å². The zero-order chi connectivity index (χ0) is 23.9. The van der Waals surface area contributed by atoms with Gasteiger partial charge in [-0.3, -0.25) is 9.59 Å². The fourth-order valence-electron chi connectivity index (χ4n) is 3.89. The third-order valence-electron chi connectivity index (χ3n) is 6.08. The van der Waals surface area contributed by atoms with Gasteiger partial charge in [0.05, 0.1) is 13.1 Å². The molecule has 33 heavy (non-hydrogen) atoms. The van der Waals surface area contributed by atoms with E-state index in [0.717, 1.165) is 31.2 Å². The monoisotopic (exact) mass is 470 g/mol. The topological polar surface area (TPSA) is 40.6 Å². The second-order valence-electron chi connectivity index (χ2n) is 8.95. The summed E-state index contributed by atoms with van der Waals surface area (Å²) in [6.07, 6.45) is 9.45. The number of aryl methyl sites for hydroxylation is 1. The molecule has 2 amide bonds. The van der Waals surface area contributed by atoms with Gasteiger partial charge in [-0.05, 0) is 42.3 Å². The predicted molar refractivity (Wildman–Crippen MR) is 139 cm³/mol. The Balaban J connectivity index is 2.02. The first-order valence-corrected chi connectivity index (χ1v) is 13.6. The lowest BCUT2D eigenvalue weighted by atomic mass is 10.1. The largest absolute Gasteiger partial charge is 0.333 e. The highest BCUT2D eigenvalue weighted by atomic mass is 32.1. The van der Waals surface area contributed by atoms with Gasteiger partial charge in [-0.2, -0.15) is 0 Å². The molecule has 2 aromatic rings. The van der Waals surface area contributed by atoms with Crippen LogP contribution in [0.3, 0.4) is 0 Å². The molecule has 0 unspecified atom stereocenters. The van der Waals surface area contributed by atoms with Crippen molar-refractivity contribution in [3.05, 3.63) is 57.8 Å². The van der Waals surface area contributed by atoms with Crippen molar-refractivity contribution in [3.8, 4) is 0 Å². The van der Waals surface area contributed by atoms with Crippen LogP contribution in [0, 0.1) is 6.92 Å². The Morgan fingerprint density at radius 1 is 0.788 bits per heavy atom. The number of benzene rings is 1.